The monoisotopic (exact) mass is 405 g/mol. The number of rotatable bonds is 10. The van der Waals surface area contributed by atoms with Gasteiger partial charge in [0, 0.05) is 19.2 Å². The molecule has 7 heteroatoms. The van der Waals surface area contributed by atoms with Crippen molar-refractivity contribution in [3.8, 4) is 0 Å². The maximum absolute atomic E-state index is 13.0. The van der Waals surface area contributed by atoms with Crippen LogP contribution in [0.25, 0.3) is 10.9 Å². The average molecular weight is 406 g/mol. The number of para-hydroxylation sites is 1. The van der Waals surface area contributed by atoms with E-state index in [1.165, 1.54) is 11.8 Å². The number of benzene rings is 1. The lowest BCUT2D eigenvalue weighted by Gasteiger charge is -2.18. The van der Waals surface area contributed by atoms with E-state index in [-0.39, 0.29) is 29.4 Å². The summed E-state index contributed by atoms with van der Waals surface area (Å²) in [6.07, 6.45) is 0.870. The van der Waals surface area contributed by atoms with Crippen molar-refractivity contribution in [3.63, 3.8) is 0 Å². The Labute approximate surface area is 171 Å². The number of ether oxygens (including phenoxy) is 1. The maximum atomic E-state index is 13.0. The molecule has 0 aliphatic carbocycles. The summed E-state index contributed by atoms with van der Waals surface area (Å²) in [4.78, 5) is 29.9. The van der Waals surface area contributed by atoms with Gasteiger partial charge in [-0.2, -0.15) is 0 Å². The topological polar surface area (TPSA) is 73.2 Å². The van der Waals surface area contributed by atoms with Crippen LogP contribution in [-0.4, -0.2) is 40.0 Å². The lowest BCUT2D eigenvalue weighted by Crippen LogP contribution is -2.37. The third-order valence-corrected chi connectivity index (χ3v) is 5.50. The number of amides is 1. The molecular formula is C21H31N3O3S. The van der Waals surface area contributed by atoms with Gasteiger partial charge < -0.3 is 10.1 Å². The zero-order chi connectivity index (χ0) is 20.7. The second-order valence-corrected chi connectivity index (χ2v) is 8.47. The second kappa shape index (κ2) is 10.6. The SMILES string of the molecule is CC(C)OCCCn1c(SCC(=O)NC(C)C(C)C)nc2ccccc2c1=O. The minimum Gasteiger partial charge on any atom is -0.379 e. The molecule has 2 rings (SSSR count). The molecule has 1 atom stereocenters. The summed E-state index contributed by atoms with van der Waals surface area (Å²) < 4.78 is 7.25. The third-order valence-electron chi connectivity index (χ3n) is 4.52. The van der Waals surface area contributed by atoms with E-state index in [0.29, 0.717) is 41.5 Å². The molecule has 0 bridgehead atoms. The van der Waals surface area contributed by atoms with Gasteiger partial charge in [0.1, 0.15) is 0 Å². The highest BCUT2D eigenvalue weighted by atomic mass is 32.2. The fraction of sp³-hybridized carbons (Fsp3) is 0.571. The Balaban J connectivity index is 2.18. The molecular weight excluding hydrogens is 374 g/mol. The molecule has 1 aromatic carbocycles. The Hall–Kier alpha value is -1.86. The first kappa shape index (κ1) is 22.4. The number of nitrogens with one attached hydrogen (secondary N) is 1. The summed E-state index contributed by atoms with van der Waals surface area (Å²) in [5.74, 6) is 0.542. The van der Waals surface area contributed by atoms with Gasteiger partial charge in [-0.1, -0.05) is 37.7 Å². The molecule has 0 aliphatic rings. The van der Waals surface area contributed by atoms with Gasteiger partial charge in [0.05, 0.1) is 22.8 Å². The largest absolute Gasteiger partial charge is 0.379 e. The fourth-order valence-electron chi connectivity index (χ4n) is 2.59. The number of carbonyl (C=O) groups is 1. The van der Waals surface area contributed by atoms with E-state index < -0.39 is 0 Å². The van der Waals surface area contributed by atoms with Crippen LogP contribution >= 0.6 is 11.8 Å². The van der Waals surface area contributed by atoms with E-state index in [1.54, 1.807) is 10.6 Å². The van der Waals surface area contributed by atoms with Crippen LogP contribution in [0.15, 0.2) is 34.2 Å². The third kappa shape index (κ3) is 6.34. The molecule has 1 heterocycles. The molecule has 0 saturated heterocycles. The first-order valence-electron chi connectivity index (χ1n) is 9.83. The number of carbonyl (C=O) groups excluding carboxylic acids is 1. The van der Waals surface area contributed by atoms with Crippen molar-refractivity contribution in [1.82, 2.24) is 14.9 Å². The Bertz CT molecular complexity index is 848. The predicted octanol–water partition coefficient (Wildman–Crippen LogP) is 3.46. The van der Waals surface area contributed by atoms with E-state index in [4.69, 9.17) is 4.74 Å². The maximum Gasteiger partial charge on any atom is 0.262 e. The molecule has 1 aromatic heterocycles. The number of aromatic nitrogens is 2. The van der Waals surface area contributed by atoms with E-state index in [9.17, 15) is 9.59 Å². The smallest absolute Gasteiger partial charge is 0.262 e. The van der Waals surface area contributed by atoms with Crippen molar-refractivity contribution < 1.29 is 9.53 Å². The van der Waals surface area contributed by atoms with Crippen LogP contribution < -0.4 is 10.9 Å². The molecule has 2 aromatic rings. The van der Waals surface area contributed by atoms with E-state index in [2.05, 4.69) is 24.1 Å². The summed E-state index contributed by atoms with van der Waals surface area (Å²) in [5, 5.41) is 4.15. The van der Waals surface area contributed by atoms with Crippen LogP contribution in [0.4, 0.5) is 0 Å². The minimum absolute atomic E-state index is 0.0525. The molecule has 154 valence electrons. The first-order chi connectivity index (χ1) is 13.3. The van der Waals surface area contributed by atoms with Gasteiger partial charge in [0.15, 0.2) is 5.16 Å². The quantitative estimate of drug-likeness (QED) is 0.372. The minimum atomic E-state index is -0.0754. The number of hydrogen-bond acceptors (Lipinski definition) is 5. The summed E-state index contributed by atoms with van der Waals surface area (Å²) >= 11 is 1.30. The van der Waals surface area contributed by atoms with Gasteiger partial charge in [-0.25, -0.2) is 4.98 Å². The molecule has 0 fully saturated rings. The number of nitrogens with zero attached hydrogens (tertiary/aromatic N) is 2. The summed E-state index contributed by atoms with van der Waals surface area (Å²) in [6, 6.07) is 7.42. The van der Waals surface area contributed by atoms with Gasteiger partial charge in [0.25, 0.3) is 5.56 Å². The summed E-state index contributed by atoms with van der Waals surface area (Å²) in [6.45, 7) is 11.2. The van der Waals surface area contributed by atoms with E-state index in [1.807, 2.05) is 39.0 Å². The molecule has 0 radical (unpaired) electrons. The lowest BCUT2D eigenvalue weighted by atomic mass is 10.1. The zero-order valence-electron chi connectivity index (χ0n) is 17.4. The molecule has 1 amide bonds. The highest BCUT2D eigenvalue weighted by Crippen LogP contribution is 2.18. The summed E-state index contributed by atoms with van der Waals surface area (Å²) in [7, 11) is 0. The van der Waals surface area contributed by atoms with E-state index >= 15 is 0 Å². The molecule has 0 saturated carbocycles. The van der Waals surface area contributed by atoms with Crippen LogP contribution in [0.5, 0.6) is 0 Å². The Kier molecular flexibility index (Phi) is 8.51. The lowest BCUT2D eigenvalue weighted by molar-refractivity contribution is -0.119. The summed E-state index contributed by atoms with van der Waals surface area (Å²) in [5.41, 5.74) is 0.578. The highest BCUT2D eigenvalue weighted by Gasteiger charge is 2.15. The van der Waals surface area contributed by atoms with E-state index in [0.717, 1.165) is 0 Å². The normalized spacial score (nSPS) is 12.7. The molecule has 1 unspecified atom stereocenters. The van der Waals surface area contributed by atoms with Crippen molar-refractivity contribution in [2.24, 2.45) is 5.92 Å². The van der Waals surface area contributed by atoms with Crippen LogP contribution in [0.3, 0.4) is 0 Å². The Morgan fingerprint density at radius 3 is 2.61 bits per heavy atom. The van der Waals surface area contributed by atoms with Gasteiger partial charge in [-0.05, 0) is 45.2 Å². The molecule has 0 aliphatic heterocycles. The molecule has 6 nitrogen and oxygen atoms in total. The molecule has 28 heavy (non-hydrogen) atoms. The number of hydrogen-bond donors (Lipinski definition) is 1. The van der Waals surface area contributed by atoms with Gasteiger partial charge in [-0.15, -0.1) is 0 Å². The highest BCUT2D eigenvalue weighted by molar-refractivity contribution is 7.99. The molecule has 0 spiro atoms. The van der Waals surface area contributed by atoms with Crippen molar-refractivity contribution in [2.45, 2.75) is 64.9 Å². The van der Waals surface area contributed by atoms with Crippen molar-refractivity contribution in [3.05, 3.63) is 34.6 Å². The van der Waals surface area contributed by atoms with Crippen molar-refractivity contribution in [2.75, 3.05) is 12.4 Å². The van der Waals surface area contributed by atoms with Gasteiger partial charge >= 0.3 is 0 Å². The number of thioether (sulfide) groups is 1. The zero-order valence-corrected chi connectivity index (χ0v) is 18.2. The average Bonchev–Trinajstić information content (AvgIpc) is 2.64. The van der Waals surface area contributed by atoms with Crippen molar-refractivity contribution in [1.29, 1.82) is 0 Å². The van der Waals surface area contributed by atoms with Crippen LogP contribution in [0, 0.1) is 5.92 Å². The van der Waals surface area contributed by atoms with Crippen LogP contribution in [0.1, 0.15) is 41.0 Å². The molecule has 1 N–H and O–H groups in total. The van der Waals surface area contributed by atoms with Crippen LogP contribution in [0.2, 0.25) is 0 Å². The van der Waals surface area contributed by atoms with Crippen molar-refractivity contribution >= 4 is 28.6 Å². The van der Waals surface area contributed by atoms with Crippen LogP contribution in [-0.2, 0) is 16.1 Å². The second-order valence-electron chi connectivity index (χ2n) is 7.53. The standard InChI is InChI=1S/C21H31N3O3S/c1-14(2)16(5)22-19(25)13-28-21-23-18-10-7-6-9-17(18)20(26)24(21)11-8-12-27-15(3)4/h6-7,9-10,14-16H,8,11-13H2,1-5H3,(H,22,25). The Morgan fingerprint density at radius 2 is 1.93 bits per heavy atom. The van der Waals surface area contributed by atoms with Gasteiger partial charge in [0.2, 0.25) is 5.91 Å². The predicted molar refractivity (Wildman–Crippen MR) is 115 cm³/mol. The first-order valence-corrected chi connectivity index (χ1v) is 10.8. The number of fused-ring (bicyclic) bond motifs is 1. The van der Waals surface area contributed by atoms with Gasteiger partial charge in [-0.3, -0.25) is 14.2 Å². The Morgan fingerprint density at radius 1 is 1.21 bits per heavy atom. The fourth-order valence-corrected chi connectivity index (χ4v) is 3.43.